The molecule has 84 valence electrons. The van der Waals surface area contributed by atoms with Gasteiger partial charge in [0.25, 0.3) is 0 Å². The summed E-state index contributed by atoms with van der Waals surface area (Å²) in [5.41, 5.74) is 0. The molecule has 6 heteroatoms. The lowest BCUT2D eigenvalue weighted by Gasteiger charge is -2.08. The first-order chi connectivity index (χ1) is 7.58. The number of nitrogens with one attached hydrogen (secondary N) is 1. The summed E-state index contributed by atoms with van der Waals surface area (Å²) < 4.78 is 0. The van der Waals surface area contributed by atoms with Gasteiger partial charge in [0.05, 0.1) is 5.39 Å². The Morgan fingerprint density at radius 1 is 1.50 bits per heavy atom. The average Bonchev–Trinajstić information content (AvgIpc) is 2.61. The molecule has 0 radical (unpaired) electrons. The van der Waals surface area contributed by atoms with E-state index in [9.17, 15) is 4.79 Å². The predicted molar refractivity (Wildman–Crippen MR) is 63.1 cm³/mol. The molecular formula is C10H11N3O2S. The van der Waals surface area contributed by atoms with Crippen LogP contribution in [-0.4, -0.2) is 27.1 Å². The smallest absolute Gasteiger partial charge is 0.345 e. The molecule has 2 N–H and O–H groups in total. The molecule has 0 atom stereocenters. The normalized spacial score (nSPS) is 10.9. The second kappa shape index (κ2) is 4.05. The third kappa shape index (κ3) is 1.96. The quantitative estimate of drug-likeness (QED) is 0.856. The number of carbonyl (C=O) groups is 1. The molecule has 2 heterocycles. The van der Waals surface area contributed by atoms with Crippen LogP contribution in [0.5, 0.6) is 0 Å². The zero-order chi connectivity index (χ0) is 11.7. The number of fused-ring (bicyclic) bond motifs is 1. The fraction of sp³-hybridized carbons (Fsp3) is 0.300. The standard InChI is InChI=1S/C10H11N3O2S/c1-5(2)13-8-6-3-7(10(14)15)16-9(6)12-4-11-8/h3-5H,1-2H3,(H,14,15)(H,11,12,13). The highest BCUT2D eigenvalue weighted by Gasteiger charge is 2.13. The maximum absolute atomic E-state index is 10.8. The van der Waals surface area contributed by atoms with E-state index in [-0.39, 0.29) is 10.9 Å². The van der Waals surface area contributed by atoms with Crippen molar-refractivity contribution < 1.29 is 9.90 Å². The van der Waals surface area contributed by atoms with Crippen LogP contribution in [0.15, 0.2) is 12.4 Å². The van der Waals surface area contributed by atoms with Gasteiger partial charge in [-0.2, -0.15) is 0 Å². The Kier molecular flexibility index (Phi) is 2.74. The van der Waals surface area contributed by atoms with Gasteiger partial charge in [0.15, 0.2) is 0 Å². The molecule has 0 aliphatic rings. The molecule has 2 aromatic heterocycles. The Balaban J connectivity index is 2.54. The number of nitrogens with zero attached hydrogens (tertiary/aromatic N) is 2. The lowest BCUT2D eigenvalue weighted by atomic mass is 10.3. The van der Waals surface area contributed by atoms with Gasteiger partial charge in [0.1, 0.15) is 21.9 Å². The van der Waals surface area contributed by atoms with Crippen molar-refractivity contribution in [3.8, 4) is 0 Å². The van der Waals surface area contributed by atoms with Crippen LogP contribution in [0.3, 0.4) is 0 Å². The van der Waals surface area contributed by atoms with Crippen molar-refractivity contribution in [1.82, 2.24) is 9.97 Å². The molecule has 0 saturated heterocycles. The first-order valence-corrected chi connectivity index (χ1v) is 5.64. The number of rotatable bonds is 3. The second-order valence-electron chi connectivity index (χ2n) is 3.66. The van der Waals surface area contributed by atoms with Crippen LogP contribution < -0.4 is 5.32 Å². The van der Waals surface area contributed by atoms with Gasteiger partial charge in [-0.3, -0.25) is 0 Å². The van der Waals surface area contributed by atoms with Gasteiger partial charge in [0, 0.05) is 6.04 Å². The number of anilines is 1. The van der Waals surface area contributed by atoms with Crippen molar-refractivity contribution in [1.29, 1.82) is 0 Å². The van der Waals surface area contributed by atoms with Crippen LogP contribution >= 0.6 is 11.3 Å². The molecule has 0 amide bonds. The molecule has 2 rings (SSSR count). The summed E-state index contributed by atoms with van der Waals surface area (Å²) in [5.74, 6) is -0.248. The summed E-state index contributed by atoms with van der Waals surface area (Å²) in [7, 11) is 0. The molecule has 0 unspecified atom stereocenters. The van der Waals surface area contributed by atoms with Crippen LogP contribution in [-0.2, 0) is 0 Å². The molecule has 5 nitrogen and oxygen atoms in total. The second-order valence-corrected chi connectivity index (χ2v) is 4.69. The molecule has 16 heavy (non-hydrogen) atoms. The average molecular weight is 237 g/mol. The number of carboxylic acids is 1. The van der Waals surface area contributed by atoms with Crippen molar-refractivity contribution in [2.45, 2.75) is 19.9 Å². The van der Waals surface area contributed by atoms with Gasteiger partial charge in [-0.05, 0) is 19.9 Å². The third-order valence-electron chi connectivity index (χ3n) is 1.97. The van der Waals surface area contributed by atoms with Crippen molar-refractivity contribution in [2.75, 3.05) is 5.32 Å². The van der Waals surface area contributed by atoms with Crippen LogP contribution in [0.1, 0.15) is 23.5 Å². The van der Waals surface area contributed by atoms with Gasteiger partial charge in [-0.25, -0.2) is 14.8 Å². The lowest BCUT2D eigenvalue weighted by molar-refractivity contribution is 0.0702. The molecule has 0 aliphatic heterocycles. The SMILES string of the molecule is CC(C)Nc1ncnc2sc(C(=O)O)cc12. The molecule has 0 saturated carbocycles. The van der Waals surface area contributed by atoms with E-state index in [4.69, 9.17) is 5.11 Å². The predicted octanol–water partition coefficient (Wildman–Crippen LogP) is 2.21. The van der Waals surface area contributed by atoms with Gasteiger partial charge in [-0.15, -0.1) is 11.3 Å². The van der Waals surface area contributed by atoms with Crippen molar-refractivity contribution in [2.24, 2.45) is 0 Å². The number of aromatic nitrogens is 2. The molecule has 0 aliphatic carbocycles. The number of thiophene rings is 1. The number of hydrogen-bond donors (Lipinski definition) is 2. The monoisotopic (exact) mass is 237 g/mol. The van der Waals surface area contributed by atoms with Crippen LogP contribution in [0.4, 0.5) is 5.82 Å². The summed E-state index contributed by atoms with van der Waals surface area (Å²) in [6.07, 6.45) is 1.44. The van der Waals surface area contributed by atoms with E-state index >= 15 is 0 Å². The highest BCUT2D eigenvalue weighted by molar-refractivity contribution is 7.20. The zero-order valence-electron chi connectivity index (χ0n) is 8.89. The molecule has 0 spiro atoms. The van der Waals surface area contributed by atoms with Gasteiger partial charge >= 0.3 is 5.97 Å². The fourth-order valence-electron chi connectivity index (χ4n) is 1.35. The molecule has 0 aromatic carbocycles. The molecular weight excluding hydrogens is 226 g/mol. The Morgan fingerprint density at radius 2 is 2.25 bits per heavy atom. The largest absolute Gasteiger partial charge is 0.477 e. The lowest BCUT2D eigenvalue weighted by Crippen LogP contribution is -2.11. The maximum atomic E-state index is 10.8. The Bertz CT molecular complexity index is 536. The van der Waals surface area contributed by atoms with Gasteiger partial charge in [0.2, 0.25) is 0 Å². The van der Waals surface area contributed by atoms with E-state index in [0.29, 0.717) is 10.6 Å². The maximum Gasteiger partial charge on any atom is 0.345 e. The summed E-state index contributed by atoms with van der Waals surface area (Å²) in [6, 6.07) is 1.85. The minimum atomic E-state index is -0.932. The Morgan fingerprint density at radius 3 is 2.88 bits per heavy atom. The molecule has 2 aromatic rings. The van der Waals surface area contributed by atoms with Crippen molar-refractivity contribution in [3.63, 3.8) is 0 Å². The number of aromatic carboxylic acids is 1. The van der Waals surface area contributed by atoms with Crippen LogP contribution in [0.2, 0.25) is 0 Å². The Labute approximate surface area is 96.2 Å². The Hall–Kier alpha value is -1.69. The van der Waals surface area contributed by atoms with E-state index in [1.165, 1.54) is 6.33 Å². The summed E-state index contributed by atoms with van der Waals surface area (Å²) in [4.78, 5) is 20.0. The molecule has 0 fully saturated rings. The first kappa shape index (κ1) is 10.8. The number of hydrogen-bond acceptors (Lipinski definition) is 5. The van der Waals surface area contributed by atoms with Crippen LogP contribution in [0.25, 0.3) is 10.2 Å². The fourth-order valence-corrected chi connectivity index (χ4v) is 2.19. The summed E-state index contributed by atoms with van der Waals surface area (Å²) in [6.45, 7) is 4.00. The zero-order valence-corrected chi connectivity index (χ0v) is 9.71. The summed E-state index contributed by atoms with van der Waals surface area (Å²) in [5, 5.41) is 12.8. The minimum Gasteiger partial charge on any atom is -0.477 e. The van der Waals surface area contributed by atoms with E-state index in [0.717, 1.165) is 16.7 Å². The topological polar surface area (TPSA) is 75.1 Å². The van der Waals surface area contributed by atoms with Crippen LogP contribution in [0, 0.1) is 0 Å². The van der Waals surface area contributed by atoms with E-state index in [2.05, 4.69) is 15.3 Å². The van der Waals surface area contributed by atoms with E-state index < -0.39 is 5.97 Å². The van der Waals surface area contributed by atoms with Crippen molar-refractivity contribution >= 4 is 33.3 Å². The summed E-state index contributed by atoms with van der Waals surface area (Å²) >= 11 is 1.16. The van der Waals surface area contributed by atoms with E-state index in [1.807, 2.05) is 13.8 Å². The molecule has 0 bridgehead atoms. The van der Waals surface area contributed by atoms with Gasteiger partial charge in [-0.1, -0.05) is 0 Å². The highest BCUT2D eigenvalue weighted by Crippen LogP contribution is 2.28. The number of carboxylic acid groups (broad SMARTS) is 1. The third-order valence-corrected chi connectivity index (χ3v) is 3.00. The minimum absolute atomic E-state index is 0.242. The van der Waals surface area contributed by atoms with E-state index in [1.54, 1.807) is 6.07 Å². The first-order valence-electron chi connectivity index (χ1n) is 4.82. The van der Waals surface area contributed by atoms with Crippen molar-refractivity contribution in [3.05, 3.63) is 17.3 Å². The highest BCUT2D eigenvalue weighted by atomic mass is 32.1. The van der Waals surface area contributed by atoms with Gasteiger partial charge < -0.3 is 10.4 Å².